The van der Waals surface area contributed by atoms with Gasteiger partial charge in [0.05, 0.1) is 23.4 Å². The van der Waals surface area contributed by atoms with E-state index >= 15 is 0 Å². The van der Waals surface area contributed by atoms with E-state index in [9.17, 15) is 19.2 Å². The molecule has 0 N–H and O–H groups in total. The van der Waals surface area contributed by atoms with Crippen molar-refractivity contribution in [2.24, 2.45) is 41.4 Å². The summed E-state index contributed by atoms with van der Waals surface area (Å²) in [7, 11) is 0. The van der Waals surface area contributed by atoms with E-state index in [2.05, 4.69) is 12.2 Å². The Morgan fingerprint density at radius 3 is 2.22 bits per heavy atom. The van der Waals surface area contributed by atoms with Crippen molar-refractivity contribution in [2.45, 2.75) is 19.8 Å². The van der Waals surface area contributed by atoms with Crippen LogP contribution in [0.2, 0.25) is 0 Å². The number of rotatable bonds is 4. The van der Waals surface area contributed by atoms with Crippen molar-refractivity contribution in [1.29, 1.82) is 0 Å². The second kappa shape index (κ2) is 7.63. The first kappa shape index (κ1) is 21.5. The van der Waals surface area contributed by atoms with Crippen LogP contribution in [0.25, 0.3) is 0 Å². The lowest BCUT2D eigenvalue weighted by Crippen LogP contribution is -2.40. The number of imide groups is 1. The fourth-order valence-electron chi connectivity index (χ4n) is 6.94. The molecule has 3 amide bonds. The number of anilines is 2. The Bertz CT molecular complexity index is 1310. The highest BCUT2D eigenvalue weighted by molar-refractivity contribution is 6.22. The third kappa shape index (κ3) is 3.11. The summed E-state index contributed by atoms with van der Waals surface area (Å²) >= 11 is 0. The molecule has 8 rings (SSSR count). The molecule has 2 aromatic carbocycles. The molecule has 2 heterocycles. The third-order valence-electron chi connectivity index (χ3n) is 8.76. The van der Waals surface area contributed by atoms with Crippen molar-refractivity contribution in [3.63, 3.8) is 0 Å². The zero-order chi connectivity index (χ0) is 24.7. The standard InChI is InChI=1S/C29H26N2O5/c1-15-5-7-17(8-6-15)30-14-16(11-24(30)32)29(35)36-19-4-2-3-18(12-19)31-27(33)25-20-9-10-21(23-13-22(20)23)26(25)28(31)34/h2-10,12,16,20-23,25-26H,11,13-14H2,1H3/t16-,20+,21+,22-,23+,25-,26-/m0/s1. The van der Waals surface area contributed by atoms with Gasteiger partial charge < -0.3 is 9.64 Å². The van der Waals surface area contributed by atoms with Crippen LogP contribution in [0.3, 0.4) is 0 Å². The van der Waals surface area contributed by atoms with Crippen molar-refractivity contribution in [2.75, 3.05) is 16.3 Å². The van der Waals surface area contributed by atoms with Crippen molar-refractivity contribution in [3.05, 3.63) is 66.2 Å². The van der Waals surface area contributed by atoms with E-state index in [1.807, 2.05) is 31.2 Å². The Morgan fingerprint density at radius 2 is 1.56 bits per heavy atom. The molecule has 2 saturated carbocycles. The summed E-state index contributed by atoms with van der Waals surface area (Å²) in [5, 5.41) is 0. The molecule has 2 saturated heterocycles. The van der Waals surface area contributed by atoms with Crippen LogP contribution in [0, 0.1) is 48.3 Å². The highest BCUT2D eigenvalue weighted by Gasteiger charge is 2.67. The number of benzene rings is 2. The first-order valence-electron chi connectivity index (χ1n) is 12.7. The number of allylic oxidation sites excluding steroid dienone is 2. The third-order valence-corrected chi connectivity index (χ3v) is 8.76. The quantitative estimate of drug-likeness (QED) is 0.288. The molecule has 7 heteroatoms. The van der Waals surface area contributed by atoms with Gasteiger partial charge in [0.1, 0.15) is 5.75 Å². The van der Waals surface area contributed by atoms with Gasteiger partial charge in [0.25, 0.3) is 0 Å². The summed E-state index contributed by atoms with van der Waals surface area (Å²) in [6.07, 6.45) is 5.49. The molecule has 182 valence electrons. The number of nitrogens with zero attached hydrogens (tertiary/aromatic N) is 2. The molecule has 0 aromatic heterocycles. The van der Waals surface area contributed by atoms with Crippen LogP contribution in [0.4, 0.5) is 11.4 Å². The largest absolute Gasteiger partial charge is 0.426 e. The van der Waals surface area contributed by atoms with Crippen molar-refractivity contribution < 1.29 is 23.9 Å². The van der Waals surface area contributed by atoms with Crippen LogP contribution in [-0.2, 0) is 19.2 Å². The Labute approximate surface area is 208 Å². The number of aryl methyl sites for hydroxylation is 1. The molecule has 7 nitrogen and oxygen atoms in total. The first-order valence-corrected chi connectivity index (χ1v) is 12.7. The normalized spacial score (nSPS) is 33.7. The topological polar surface area (TPSA) is 84.0 Å². The molecule has 0 spiro atoms. The molecule has 2 aromatic rings. The zero-order valence-electron chi connectivity index (χ0n) is 19.9. The average molecular weight is 483 g/mol. The molecule has 2 aliphatic heterocycles. The maximum absolute atomic E-state index is 13.4. The average Bonchev–Trinajstić information content (AvgIpc) is 3.55. The molecule has 2 bridgehead atoms. The minimum absolute atomic E-state index is 0.0803. The molecule has 4 aliphatic carbocycles. The molecular weight excluding hydrogens is 456 g/mol. The summed E-state index contributed by atoms with van der Waals surface area (Å²) in [5.41, 5.74) is 2.29. The minimum atomic E-state index is -0.589. The van der Waals surface area contributed by atoms with E-state index in [-0.39, 0.29) is 60.1 Å². The highest BCUT2D eigenvalue weighted by atomic mass is 16.5. The van der Waals surface area contributed by atoms with Gasteiger partial charge in [-0.15, -0.1) is 0 Å². The Kier molecular flexibility index (Phi) is 4.56. The number of hydrogen-bond donors (Lipinski definition) is 0. The molecular formula is C29H26N2O5. The van der Waals surface area contributed by atoms with Gasteiger partial charge in [-0.1, -0.05) is 35.9 Å². The smallest absolute Gasteiger partial charge is 0.316 e. The van der Waals surface area contributed by atoms with Crippen molar-refractivity contribution in [1.82, 2.24) is 0 Å². The van der Waals surface area contributed by atoms with Gasteiger partial charge in [-0.25, -0.2) is 4.90 Å². The summed E-state index contributed by atoms with van der Waals surface area (Å²) < 4.78 is 5.64. The SMILES string of the molecule is Cc1ccc(N2C[C@@H](C(=O)Oc3cccc(N4C(=O)[C@H]5[C@@H]6C=C[C@H]([C@@H]7C[C@H]67)[C@@H]5C4=O)c3)CC2=O)cc1. The van der Waals surface area contributed by atoms with E-state index in [1.165, 1.54) is 4.90 Å². The number of esters is 1. The van der Waals surface area contributed by atoms with Crippen molar-refractivity contribution in [3.8, 4) is 5.75 Å². The predicted octanol–water partition coefficient (Wildman–Crippen LogP) is 3.51. The second-order valence-corrected chi connectivity index (χ2v) is 10.8. The molecule has 4 fully saturated rings. The Hall–Kier alpha value is -3.74. The Morgan fingerprint density at radius 1 is 0.889 bits per heavy atom. The van der Waals surface area contributed by atoms with Crippen LogP contribution in [0.5, 0.6) is 5.75 Å². The van der Waals surface area contributed by atoms with Crippen LogP contribution in [0.15, 0.2) is 60.7 Å². The summed E-state index contributed by atoms with van der Waals surface area (Å²) in [4.78, 5) is 55.2. The monoisotopic (exact) mass is 482 g/mol. The fraction of sp³-hybridized carbons (Fsp3) is 0.379. The van der Waals surface area contributed by atoms with E-state index in [0.717, 1.165) is 17.7 Å². The summed E-state index contributed by atoms with van der Waals surface area (Å²) in [6.45, 7) is 2.23. The lowest BCUT2D eigenvalue weighted by atomic mass is 9.63. The van der Waals surface area contributed by atoms with Crippen LogP contribution < -0.4 is 14.5 Å². The summed E-state index contributed by atoms with van der Waals surface area (Å²) in [5.74, 6) is -0.393. The number of hydrogen-bond acceptors (Lipinski definition) is 5. The van der Waals surface area contributed by atoms with Gasteiger partial charge in [0, 0.05) is 24.7 Å². The molecule has 0 unspecified atom stereocenters. The fourth-order valence-corrected chi connectivity index (χ4v) is 6.94. The minimum Gasteiger partial charge on any atom is -0.426 e. The molecule has 7 atom stereocenters. The lowest BCUT2D eigenvalue weighted by molar-refractivity contribution is -0.139. The number of amides is 3. The van der Waals surface area contributed by atoms with Crippen LogP contribution in [0.1, 0.15) is 18.4 Å². The van der Waals surface area contributed by atoms with Gasteiger partial charge in [-0.05, 0) is 61.3 Å². The predicted molar refractivity (Wildman–Crippen MR) is 131 cm³/mol. The van der Waals surface area contributed by atoms with E-state index in [1.54, 1.807) is 29.2 Å². The lowest BCUT2D eigenvalue weighted by Gasteiger charge is -2.37. The first-order chi connectivity index (χ1) is 17.4. The second-order valence-electron chi connectivity index (χ2n) is 10.8. The molecule has 6 aliphatic rings. The van der Waals surface area contributed by atoms with Gasteiger partial charge in [-0.3, -0.25) is 19.2 Å². The number of carbonyl (C=O) groups is 4. The molecule has 36 heavy (non-hydrogen) atoms. The number of ether oxygens (including phenoxy) is 1. The van der Waals surface area contributed by atoms with Crippen LogP contribution in [-0.4, -0.2) is 30.2 Å². The van der Waals surface area contributed by atoms with Crippen molar-refractivity contribution >= 4 is 35.1 Å². The molecule has 0 radical (unpaired) electrons. The van der Waals surface area contributed by atoms with Gasteiger partial charge >= 0.3 is 5.97 Å². The maximum Gasteiger partial charge on any atom is 0.316 e. The van der Waals surface area contributed by atoms with Gasteiger partial charge in [0.15, 0.2) is 0 Å². The van der Waals surface area contributed by atoms with E-state index in [4.69, 9.17) is 4.74 Å². The maximum atomic E-state index is 13.4. The highest BCUT2D eigenvalue weighted by Crippen LogP contribution is 2.65. The summed E-state index contributed by atoms with van der Waals surface area (Å²) in [6, 6.07) is 14.2. The van der Waals surface area contributed by atoms with Crippen LogP contribution >= 0.6 is 0 Å². The van der Waals surface area contributed by atoms with E-state index in [0.29, 0.717) is 17.5 Å². The van der Waals surface area contributed by atoms with Gasteiger partial charge in [0.2, 0.25) is 17.7 Å². The van der Waals surface area contributed by atoms with Gasteiger partial charge in [-0.2, -0.15) is 0 Å². The Balaban J connectivity index is 1.07. The zero-order valence-corrected chi connectivity index (χ0v) is 19.9. The van der Waals surface area contributed by atoms with E-state index < -0.39 is 11.9 Å². The number of carbonyl (C=O) groups excluding carboxylic acids is 4.